The molecule has 4 heteroatoms. The van der Waals surface area contributed by atoms with Crippen LogP contribution in [0.15, 0.2) is 24.3 Å². The molecule has 0 amide bonds. The van der Waals surface area contributed by atoms with Crippen LogP contribution in [0.2, 0.25) is 0 Å². The van der Waals surface area contributed by atoms with Gasteiger partial charge >= 0.3 is 0 Å². The zero-order chi connectivity index (χ0) is 12.3. The van der Waals surface area contributed by atoms with E-state index in [1.54, 1.807) is 0 Å². The topological polar surface area (TPSA) is 43.8 Å². The molecule has 3 nitrogen and oxygen atoms in total. The van der Waals surface area contributed by atoms with Crippen LogP contribution in [0.25, 0.3) is 11.0 Å². The van der Waals surface area contributed by atoms with Crippen molar-refractivity contribution in [3.63, 3.8) is 0 Å². The van der Waals surface area contributed by atoms with Crippen molar-refractivity contribution in [3.8, 4) is 0 Å². The number of fused-ring (bicyclic) bond motifs is 1. The summed E-state index contributed by atoms with van der Waals surface area (Å²) in [6, 6.07) is 8.39. The molecule has 1 unspecified atom stereocenters. The van der Waals surface area contributed by atoms with Gasteiger partial charge in [0, 0.05) is 25.3 Å². The molecular weight excluding hydrogens is 230 g/mol. The van der Waals surface area contributed by atoms with Gasteiger partial charge in [-0.25, -0.2) is 4.98 Å². The molecule has 17 heavy (non-hydrogen) atoms. The molecule has 0 spiro atoms. The number of aromatic nitrogens is 2. The molecular formula is C13H19N3S. The van der Waals surface area contributed by atoms with Crippen LogP contribution in [-0.2, 0) is 13.5 Å². The summed E-state index contributed by atoms with van der Waals surface area (Å²) in [6.07, 6.45) is 0.845. The minimum absolute atomic E-state index is 0.190. The van der Waals surface area contributed by atoms with E-state index in [0.717, 1.165) is 29.3 Å². The van der Waals surface area contributed by atoms with Crippen LogP contribution < -0.4 is 5.73 Å². The standard InChI is InChI=1S/C13H19N3S/c1-3-17-9-10(14)8-13-15-11-6-4-5-7-12(11)16(13)2/h4-7,10H,3,8-9,14H2,1-2H3. The van der Waals surface area contributed by atoms with Gasteiger partial charge in [0.2, 0.25) is 0 Å². The second-order valence-corrected chi connectivity index (χ2v) is 5.52. The summed E-state index contributed by atoms with van der Waals surface area (Å²) in [6.45, 7) is 2.16. The molecule has 0 aliphatic heterocycles. The largest absolute Gasteiger partial charge is 0.331 e. The van der Waals surface area contributed by atoms with E-state index in [4.69, 9.17) is 5.73 Å². The van der Waals surface area contributed by atoms with Crippen molar-refractivity contribution in [3.05, 3.63) is 30.1 Å². The third-order valence-corrected chi connectivity index (χ3v) is 3.93. The minimum atomic E-state index is 0.190. The first-order valence-electron chi connectivity index (χ1n) is 5.96. The van der Waals surface area contributed by atoms with Crippen LogP contribution in [0.5, 0.6) is 0 Å². The molecule has 1 heterocycles. The van der Waals surface area contributed by atoms with E-state index in [1.807, 2.05) is 30.0 Å². The molecule has 0 saturated heterocycles. The molecule has 2 N–H and O–H groups in total. The lowest BCUT2D eigenvalue weighted by Crippen LogP contribution is -2.27. The Morgan fingerprint density at radius 3 is 2.88 bits per heavy atom. The van der Waals surface area contributed by atoms with E-state index in [-0.39, 0.29) is 6.04 Å². The highest BCUT2D eigenvalue weighted by molar-refractivity contribution is 7.99. The zero-order valence-corrected chi connectivity index (χ0v) is 11.2. The fourth-order valence-corrected chi connectivity index (χ4v) is 2.60. The molecule has 0 radical (unpaired) electrons. The van der Waals surface area contributed by atoms with Gasteiger partial charge < -0.3 is 10.3 Å². The number of para-hydroxylation sites is 2. The smallest absolute Gasteiger partial charge is 0.111 e. The Balaban J connectivity index is 2.16. The average molecular weight is 249 g/mol. The van der Waals surface area contributed by atoms with Gasteiger partial charge in [0.25, 0.3) is 0 Å². The summed E-state index contributed by atoms with van der Waals surface area (Å²) in [5.41, 5.74) is 8.34. The highest BCUT2D eigenvalue weighted by atomic mass is 32.2. The molecule has 0 aliphatic rings. The molecule has 92 valence electrons. The highest BCUT2D eigenvalue weighted by Gasteiger charge is 2.11. The van der Waals surface area contributed by atoms with Crippen molar-refractivity contribution in [2.45, 2.75) is 19.4 Å². The van der Waals surface area contributed by atoms with Crippen molar-refractivity contribution in [1.82, 2.24) is 9.55 Å². The van der Waals surface area contributed by atoms with Crippen LogP contribution in [0, 0.1) is 0 Å². The predicted octanol–water partition coefficient (Wildman–Crippen LogP) is 2.20. The third kappa shape index (κ3) is 2.82. The van der Waals surface area contributed by atoms with E-state index in [2.05, 4.69) is 29.6 Å². The quantitative estimate of drug-likeness (QED) is 0.883. The normalized spacial score (nSPS) is 13.1. The minimum Gasteiger partial charge on any atom is -0.331 e. The molecule has 1 aromatic carbocycles. The lowest BCUT2D eigenvalue weighted by atomic mass is 10.2. The number of rotatable bonds is 5. The number of thioether (sulfide) groups is 1. The number of hydrogen-bond donors (Lipinski definition) is 1. The van der Waals surface area contributed by atoms with Gasteiger partial charge in [-0.05, 0) is 17.9 Å². The summed E-state index contributed by atoms with van der Waals surface area (Å²) >= 11 is 1.89. The number of imidazole rings is 1. The summed E-state index contributed by atoms with van der Waals surface area (Å²) in [5.74, 6) is 3.20. The molecule has 0 fully saturated rings. The molecule has 1 atom stereocenters. The zero-order valence-electron chi connectivity index (χ0n) is 10.4. The Morgan fingerprint density at radius 1 is 1.41 bits per heavy atom. The first-order chi connectivity index (χ1) is 8.22. The Labute approximate surface area is 106 Å². The van der Waals surface area contributed by atoms with Gasteiger partial charge in [0.05, 0.1) is 11.0 Å². The summed E-state index contributed by atoms with van der Waals surface area (Å²) < 4.78 is 2.14. The fraction of sp³-hybridized carbons (Fsp3) is 0.462. The molecule has 2 rings (SSSR count). The number of nitrogens with two attached hydrogens (primary N) is 1. The summed E-state index contributed by atoms with van der Waals surface area (Å²) in [4.78, 5) is 4.63. The number of nitrogens with zero attached hydrogens (tertiary/aromatic N) is 2. The van der Waals surface area contributed by atoms with Crippen molar-refractivity contribution in [2.24, 2.45) is 12.8 Å². The maximum Gasteiger partial charge on any atom is 0.111 e. The van der Waals surface area contributed by atoms with Crippen LogP contribution >= 0.6 is 11.8 Å². The van der Waals surface area contributed by atoms with E-state index in [1.165, 1.54) is 5.52 Å². The molecule has 0 saturated carbocycles. The second-order valence-electron chi connectivity index (χ2n) is 4.20. The molecule has 0 bridgehead atoms. The van der Waals surface area contributed by atoms with Gasteiger partial charge in [-0.2, -0.15) is 11.8 Å². The van der Waals surface area contributed by atoms with Gasteiger partial charge in [0.1, 0.15) is 5.82 Å². The Hall–Kier alpha value is -1.00. The summed E-state index contributed by atoms with van der Waals surface area (Å²) in [7, 11) is 2.06. The van der Waals surface area contributed by atoms with Crippen molar-refractivity contribution in [2.75, 3.05) is 11.5 Å². The second kappa shape index (κ2) is 5.56. The van der Waals surface area contributed by atoms with E-state index in [9.17, 15) is 0 Å². The van der Waals surface area contributed by atoms with Crippen molar-refractivity contribution < 1.29 is 0 Å². The van der Waals surface area contributed by atoms with Crippen LogP contribution in [0.3, 0.4) is 0 Å². The molecule has 0 aliphatic carbocycles. The van der Waals surface area contributed by atoms with Crippen LogP contribution in [0.4, 0.5) is 0 Å². The monoisotopic (exact) mass is 249 g/mol. The first kappa shape index (κ1) is 12.5. The van der Waals surface area contributed by atoms with Crippen molar-refractivity contribution >= 4 is 22.8 Å². The maximum absolute atomic E-state index is 6.11. The van der Waals surface area contributed by atoms with Crippen molar-refractivity contribution in [1.29, 1.82) is 0 Å². The third-order valence-electron chi connectivity index (χ3n) is 2.86. The average Bonchev–Trinajstić information content (AvgIpc) is 2.64. The SMILES string of the molecule is CCSCC(N)Cc1nc2ccccc2n1C. The maximum atomic E-state index is 6.11. The van der Waals surface area contributed by atoms with E-state index in [0.29, 0.717) is 0 Å². The lowest BCUT2D eigenvalue weighted by Gasteiger charge is -2.10. The van der Waals surface area contributed by atoms with Crippen LogP contribution in [-0.4, -0.2) is 27.1 Å². The van der Waals surface area contributed by atoms with E-state index < -0.39 is 0 Å². The summed E-state index contributed by atoms with van der Waals surface area (Å²) in [5, 5.41) is 0. The predicted molar refractivity (Wildman–Crippen MR) is 75.4 cm³/mol. The van der Waals surface area contributed by atoms with E-state index >= 15 is 0 Å². The highest BCUT2D eigenvalue weighted by Crippen LogP contribution is 2.15. The Kier molecular flexibility index (Phi) is 4.07. The number of aryl methyl sites for hydroxylation is 1. The van der Waals surface area contributed by atoms with Gasteiger partial charge in [0.15, 0.2) is 0 Å². The number of hydrogen-bond acceptors (Lipinski definition) is 3. The van der Waals surface area contributed by atoms with Gasteiger partial charge in [-0.1, -0.05) is 19.1 Å². The van der Waals surface area contributed by atoms with Gasteiger partial charge in [-0.3, -0.25) is 0 Å². The lowest BCUT2D eigenvalue weighted by molar-refractivity contribution is 0.685. The molecule has 2 aromatic rings. The van der Waals surface area contributed by atoms with Gasteiger partial charge in [-0.15, -0.1) is 0 Å². The Bertz CT molecular complexity index is 492. The fourth-order valence-electron chi connectivity index (χ4n) is 1.94. The van der Waals surface area contributed by atoms with Crippen LogP contribution in [0.1, 0.15) is 12.7 Å². The Morgan fingerprint density at radius 2 is 2.18 bits per heavy atom. The number of benzene rings is 1. The molecule has 1 aromatic heterocycles. The first-order valence-corrected chi connectivity index (χ1v) is 7.11.